The summed E-state index contributed by atoms with van der Waals surface area (Å²) in [5, 5.41) is 17.6. The zero-order chi connectivity index (χ0) is 15.1. The summed E-state index contributed by atoms with van der Waals surface area (Å²) in [6.07, 6.45) is 8.89. The van der Waals surface area contributed by atoms with Crippen molar-refractivity contribution in [2.45, 2.75) is 51.6 Å². The van der Waals surface area contributed by atoms with Gasteiger partial charge in [-0.25, -0.2) is 4.79 Å². The Kier molecular flexibility index (Phi) is 13.8. The van der Waals surface area contributed by atoms with Crippen molar-refractivity contribution in [2.24, 2.45) is 0 Å². The van der Waals surface area contributed by atoms with Crippen LogP contribution in [0.25, 0.3) is 0 Å². The number of aliphatic hydroxyl groups is 2. The van der Waals surface area contributed by atoms with E-state index < -0.39 is 6.10 Å². The molecule has 118 valence electrons. The highest BCUT2D eigenvalue weighted by atomic mass is 16.5. The third-order valence-corrected chi connectivity index (χ3v) is 2.72. The van der Waals surface area contributed by atoms with Crippen molar-refractivity contribution in [1.82, 2.24) is 0 Å². The van der Waals surface area contributed by atoms with Gasteiger partial charge >= 0.3 is 5.97 Å². The minimum Gasteiger partial charge on any atom is -0.463 e. The Morgan fingerprint density at radius 1 is 1.20 bits per heavy atom. The molecule has 0 aromatic rings. The lowest BCUT2D eigenvalue weighted by Crippen LogP contribution is -2.19. The molecule has 0 saturated carbocycles. The largest absolute Gasteiger partial charge is 0.463 e. The van der Waals surface area contributed by atoms with E-state index in [0.29, 0.717) is 13.2 Å². The van der Waals surface area contributed by atoms with Gasteiger partial charge in [0.25, 0.3) is 0 Å². The van der Waals surface area contributed by atoms with Crippen molar-refractivity contribution >= 4 is 5.97 Å². The third kappa shape index (κ3) is 13.5. The Morgan fingerprint density at radius 3 is 2.60 bits per heavy atom. The molecule has 0 aromatic heterocycles. The molecule has 0 radical (unpaired) electrons. The van der Waals surface area contributed by atoms with Crippen LogP contribution >= 0.6 is 0 Å². The van der Waals surface area contributed by atoms with Crippen molar-refractivity contribution in [3.63, 3.8) is 0 Å². The molecule has 0 amide bonds. The van der Waals surface area contributed by atoms with Crippen molar-refractivity contribution in [3.8, 4) is 0 Å². The monoisotopic (exact) mass is 288 g/mol. The summed E-state index contributed by atoms with van der Waals surface area (Å²) in [4.78, 5) is 11.0. The average Bonchev–Trinajstić information content (AvgIpc) is 2.44. The Bertz CT molecular complexity index is 253. The Morgan fingerprint density at radius 2 is 1.90 bits per heavy atom. The number of carbonyl (C=O) groups is 1. The fraction of sp³-hybridized carbons (Fsp3) is 0.800. The van der Waals surface area contributed by atoms with Crippen LogP contribution < -0.4 is 0 Å². The molecule has 0 aliphatic rings. The SMILES string of the molecule is CCOC(=O)C=CCCCCCCCOCC(O)CO. The van der Waals surface area contributed by atoms with Gasteiger partial charge in [-0.05, 0) is 26.2 Å². The quantitative estimate of drug-likeness (QED) is 0.307. The summed E-state index contributed by atoms with van der Waals surface area (Å²) in [5.41, 5.74) is 0. The molecule has 1 unspecified atom stereocenters. The normalized spacial score (nSPS) is 12.8. The molecular formula is C15H28O5. The first kappa shape index (κ1) is 19.1. The summed E-state index contributed by atoms with van der Waals surface area (Å²) in [6, 6.07) is 0. The first-order chi connectivity index (χ1) is 9.70. The summed E-state index contributed by atoms with van der Waals surface area (Å²) < 4.78 is 9.98. The molecule has 0 aliphatic heterocycles. The van der Waals surface area contributed by atoms with Gasteiger partial charge in [0, 0.05) is 12.7 Å². The lowest BCUT2D eigenvalue weighted by Gasteiger charge is -2.07. The minimum absolute atomic E-state index is 0.204. The van der Waals surface area contributed by atoms with Crippen molar-refractivity contribution in [1.29, 1.82) is 0 Å². The lowest BCUT2D eigenvalue weighted by molar-refractivity contribution is -0.137. The molecule has 0 bridgehead atoms. The fourth-order valence-corrected chi connectivity index (χ4v) is 1.64. The molecule has 0 aromatic carbocycles. The minimum atomic E-state index is -0.763. The smallest absolute Gasteiger partial charge is 0.330 e. The molecule has 0 saturated heterocycles. The predicted molar refractivity (Wildman–Crippen MR) is 77.4 cm³/mol. The van der Waals surface area contributed by atoms with E-state index in [1.807, 2.05) is 6.08 Å². The summed E-state index contributed by atoms with van der Waals surface area (Å²) in [7, 11) is 0. The van der Waals surface area contributed by atoms with Gasteiger partial charge in [-0.3, -0.25) is 0 Å². The maximum absolute atomic E-state index is 11.0. The molecule has 0 spiro atoms. The zero-order valence-corrected chi connectivity index (χ0v) is 12.4. The van der Waals surface area contributed by atoms with Gasteiger partial charge in [-0.15, -0.1) is 0 Å². The number of allylic oxidation sites excluding steroid dienone is 1. The second kappa shape index (κ2) is 14.5. The van der Waals surface area contributed by atoms with Gasteiger partial charge < -0.3 is 19.7 Å². The molecule has 0 heterocycles. The zero-order valence-electron chi connectivity index (χ0n) is 12.4. The summed E-state index contributed by atoms with van der Waals surface area (Å²) >= 11 is 0. The van der Waals surface area contributed by atoms with E-state index in [1.54, 1.807) is 6.92 Å². The summed E-state index contributed by atoms with van der Waals surface area (Å²) in [5.74, 6) is -0.269. The Labute approximate surface area is 121 Å². The highest BCUT2D eigenvalue weighted by Gasteiger charge is 2.00. The molecule has 0 fully saturated rings. The van der Waals surface area contributed by atoms with E-state index in [4.69, 9.17) is 19.7 Å². The van der Waals surface area contributed by atoms with Gasteiger partial charge in [0.15, 0.2) is 0 Å². The van der Waals surface area contributed by atoms with E-state index in [0.717, 1.165) is 38.5 Å². The standard InChI is InChI=1S/C15H28O5/c1-2-20-15(18)10-8-6-4-3-5-7-9-11-19-13-14(17)12-16/h8,10,14,16-17H,2-7,9,11-13H2,1H3. The first-order valence-corrected chi connectivity index (χ1v) is 7.40. The second-order valence-corrected chi connectivity index (χ2v) is 4.62. The highest BCUT2D eigenvalue weighted by Crippen LogP contribution is 2.06. The topological polar surface area (TPSA) is 76.0 Å². The molecule has 2 N–H and O–H groups in total. The molecule has 20 heavy (non-hydrogen) atoms. The first-order valence-electron chi connectivity index (χ1n) is 7.40. The van der Waals surface area contributed by atoms with Crippen LogP contribution in [0.4, 0.5) is 0 Å². The number of hydrogen-bond acceptors (Lipinski definition) is 5. The van der Waals surface area contributed by atoms with Crippen LogP contribution in [-0.4, -0.2) is 48.7 Å². The molecule has 5 nitrogen and oxygen atoms in total. The summed E-state index contributed by atoms with van der Waals surface area (Å²) in [6.45, 7) is 2.79. The van der Waals surface area contributed by atoms with Gasteiger partial charge in [-0.2, -0.15) is 0 Å². The number of ether oxygens (including phenoxy) is 2. The van der Waals surface area contributed by atoms with Crippen molar-refractivity contribution in [3.05, 3.63) is 12.2 Å². The van der Waals surface area contributed by atoms with Crippen LogP contribution in [0.2, 0.25) is 0 Å². The maximum Gasteiger partial charge on any atom is 0.330 e. The van der Waals surface area contributed by atoms with E-state index in [-0.39, 0.29) is 19.2 Å². The van der Waals surface area contributed by atoms with E-state index in [9.17, 15) is 4.79 Å². The molecular weight excluding hydrogens is 260 g/mol. The highest BCUT2D eigenvalue weighted by molar-refractivity contribution is 5.81. The molecule has 5 heteroatoms. The van der Waals surface area contributed by atoms with Crippen LogP contribution in [0.15, 0.2) is 12.2 Å². The Balaban J connectivity index is 3.19. The number of carbonyl (C=O) groups excluding carboxylic acids is 1. The van der Waals surface area contributed by atoms with Crippen LogP contribution in [0.5, 0.6) is 0 Å². The van der Waals surface area contributed by atoms with E-state index >= 15 is 0 Å². The Hall–Kier alpha value is -0.910. The number of aliphatic hydroxyl groups excluding tert-OH is 2. The maximum atomic E-state index is 11.0. The van der Waals surface area contributed by atoms with Gasteiger partial charge in [0.05, 0.1) is 19.8 Å². The van der Waals surface area contributed by atoms with E-state index in [2.05, 4.69) is 0 Å². The number of rotatable bonds is 13. The van der Waals surface area contributed by atoms with Crippen molar-refractivity contribution in [2.75, 3.05) is 26.4 Å². The second-order valence-electron chi connectivity index (χ2n) is 4.62. The van der Waals surface area contributed by atoms with Gasteiger partial charge in [0.2, 0.25) is 0 Å². The molecule has 0 rings (SSSR count). The molecule has 1 atom stereocenters. The van der Waals surface area contributed by atoms with Gasteiger partial charge in [-0.1, -0.05) is 25.3 Å². The van der Waals surface area contributed by atoms with Gasteiger partial charge in [0.1, 0.15) is 6.10 Å². The van der Waals surface area contributed by atoms with Crippen LogP contribution in [-0.2, 0) is 14.3 Å². The van der Waals surface area contributed by atoms with Crippen molar-refractivity contribution < 1.29 is 24.5 Å². The van der Waals surface area contributed by atoms with Crippen LogP contribution in [0.3, 0.4) is 0 Å². The van der Waals surface area contributed by atoms with Crippen LogP contribution in [0.1, 0.15) is 45.4 Å². The number of esters is 1. The number of unbranched alkanes of at least 4 members (excludes halogenated alkanes) is 5. The van der Waals surface area contributed by atoms with E-state index in [1.165, 1.54) is 6.08 Å². The predicted octanol–water partition coefficient (Wildman–Crippen LogP) is 1.82. The molecule has 0 aliphatic carbocycles. The lowest BCUT2D eigenvalue weighted by atomic mass is 10.1. The third-order valence-electron chi connectivity index (χ3n) is 2.72. The van der Waals surface area contributed by atoms with Crippen LogP contribution in [0, 0.1) is 0 Å². The fourth-order valence-electron chi connectivity index (χ4n) is 1.64. The number of hydrogen-bond donors (Lipinski definition) is 2. The average molecular weight is 288 g/mol.